The Morgan fingerprint density at radius 1 is 1.47 bits per heavy atom. The fourth-order valence-electron chi connectivity index (χ4n) is 2.75. The van der Waals surface area contributed by atoms with E-state index in [-0.39, 0.29) is 0 Å². The molecule has 1 N–H and O–H groups in total. The van der Waals surface area contributed by atoms with E-state index >= 15 is 0 Å². The molecule has 3 unspecified atom stereocenters. The van der Waals surface area contributed by atoms with Crippen LogP contribution < -0.4 is 5.32 Å². The number of hydrogen-bond acceptors (Lipinski definition) is 2. The largest absolute Gasteiger partial charge is 0.378 e. The van der Waals surface area contributed by atoms with Crippen LogP contribution in [0.5, 0.6) is 0 Å². The summed E-state index contributed by atoms with van der Waals surface area (Å²) in [6, 6.07) is 0. The summed E-state index contributed by atoms with van der Waals surface area (Å²) in [5.41, 5.74) is 0.379. The Hall–Kier alpha value is -0.0800. The van der Waals surface area contributed by atoms with Gasteiger partial charge in [-0.25, -0.2) is 0 Å². The molecule has 1 aliphatic rings. The monoisotopic (exact) mass is 213 g/mol. The normalized spacial score (nSPS) is 33.2. The maximum atomic E-state index is 5.78. The van der Waals surface area contributed by atoms with Gasteiger partial charge in [-0.3, -0.25) is 0 Å². The summed E-state index contributed by atoms with van der Waals surface area (Å²) in [6.45, 7) is 12.3. The van der Waals surface area contributed by atoms with E-state index in [0.29, 0.717) is 11.5 Å². The van der Waals surface area contributed by atoms with E-state index in [2.05, 4.69) is 33.0 Å². The van der Waals surface area contributed by atoms with Crippen molar-refractivity contribution >= 4 is 0 Å². The smallest absolute Gasteiger partial charge is 0.0618 e. The Bertz CT molecular complexity index is 183. The van der Waals surface area contributed by atoms with Gasteiger partial charge in [0.15, 0.2) is 0 Å². The quantitative estimate of drug-likeness (QED) is 0.685. The zero-order valence-electron chi connectivity index (χ0n) is 10.8. The molecule has 1 heterocycles. The Morgan fingerprint density at radius 2 is 2.20 bits per heavy atom. The van der Waals surface area contributed by atoms with Gasteiger partial charge in [0, 0.05) is 18.6 Å². The van der Waals surface area contributed by atoms with Crippen molar-refractivity contribution in [1.29, 1.82) is 0 Å². The van der Waals surface area contributed by atoms with Crippen molar-refractivity contribution in [3.63, 3.8) is 0 Å². The summed E-state index contributed by atoms with van der Waals surface area (Å²) in [6.07, 6.45) is 4.10. The Labute approximate surface area is 94.8 Å². The first-order valence-electron chi connectivity index (χ1n) is 6.49. The SMILES string of the molecule is CCCNCC1(C(C)CC)CCOC1C. The van der Waals surface area contributed by atoms with Gasteiger partial charge in [0.05, 0.1) is 6.10 Å². The summed E-state index contributed by atoms with van der Waals surface area (Å²) in [5, 5.41) is 3.58. The zero-order chi connectivity index (χ0) is 11.3. The lowest BCUT2D eigenvalue weighted by Crippen LogP contribution is -2.44. The predicted octanol–water partition coefficient (Wildman–Crippen LogP) is 2.83. The highest BCUT2D eigenvalue weighted by atomic mass is 16.5. The highest BCUT2D eigenvalue weighted by Gasteiger charge is 2.44. The van der Waals surface area contributed by atoms with Crippen molar-refractivity contribution in [3.05, 3.63) is 0 Å². The molecule has 2 nitrogen and oxygen atoms in total. The molecule has 1 fully saturated rings. The first kappa shape index (κ1) is 13.0. The van der Waals surface area contributed by atoms with Crippen molar-refractivity contribution in [2.45, 2.75) is 53.1 Å². The van der Waals surface area contributed by atoms with Gasteiger partial charge in [-0.15, -0.1) is 0 Å². The van der Waals surface area contributed by atoms with Gasteiger partial charge in [0.1, 0.15) is 0 Å². The molecule has 3 atom stereocenters. The third-order valence-corrected chi connectivity index (χ3v) is 4.22. The van der Waals surface area contributed by atoms with E-state index in [0.717, 1.165) is 25.6 Å². The maximum absolute atomic E-state index is 5.78. The first-order chi connectivity index (χ1) is 7.17. The summed E-state index contributed by atoms with van der Waals surface area (Å²) < 4.78 is 5.78. The molecule has 90 valence electrons. The molecule has 1 aliphatic heterocycles. The van der Waals surface area contributed by atoms with E-state index in [1.807, 2.05) is 0 Å². The number of rotatable bonds is 6. The van der Waals surface area contributed by atoms with Gasteiger partial charge >= 0.3 is 0 Å². The predicted molar refractivity (Wildman–Crippen MR) is 65.1 cm³/mol. The van der Waals surface area contributed by atoms with Gasteiger partial charge in [-0.1, -0.05) is 27.2 Å². The summed E-state index contributed by atoms with van der Waals surface area (Å²) >= 11 is 0. The van der Waals surface area contributed by atoms with Crippen molar-refractivity contribution in [1.82, 2.24) is 5.32 Å². The van der Waals surface area contributed by atoms with E-state index in [1.165, 1.54) is 19.3 Å². The highest BCUT2D eigenvalue weighted by Crippen LogP contribution is 2.42. The van der Waals surface area contributed by atoms with Crippen LogP contribution in [-0.4, -0.2) is 25.8 Å². The second-order valence-corrected chi connectivity index (χ2v) is 4.98. The minimum Gasteiger partial charge on any atom is -0.378 e. The van der Waals surface area contributed by atoms with E-state index in [4.69, 9.17) is 4.74 Å². The highest BCUT2D eigenvalue weighted by molar-refractivity contribution is 4.94. The molecular weight excluding hydrogens is 186 g/mol. The van der Waals surface area contributed by atoms with Gasteiger partial charge < -0.3 is 10.1 Å². The lowest BCUT2D eigenvalue weighted by Gasteiger charge is -2.38. The van der Waals surface area contributed by atoms with Gasteiger partial charge in [0.2, 0.25) is 0 Å². The third-order valence-electron chi connectivity index (χ3n) is 4.22. The van der Waals surface area contributed by atoms with Crippen LogP contribution in [0.1, 0.15) is 47.0 Å². The summed E-state index contributed by atoms with van der Waals surface area (Å²) in [4.78, 5) is 0. The van der Waals surface area contributed by atoms with Gasteiger partial charge in [0.25, 0.3) is 0 Å². The molecule has 15 heavy (non-hydrogen) atoms. The van der Waals surface area contributed by atoms with Crippen LogP contribution in [0.15, 0.2) is 0 Å². The second kappa shape index (κ2) is 5.86. The molecule has 0 radical (unpaired) electrons. The molecule has 2 heteroatoms. The fraction of sp³-hybridized carbons (Fsp3) is 1.00. The molecule has 1 saturated heterocycles. The Balaban J connectivity index is 2.59. The van der Waals surface area contributed by atoms with Crippen LogP contribution >= 0.6 is 0 Å². The molecule has 0 aromatic heterocycles. The van der Waals surface area contributed by atoms with Crippen LogP contribution in [0.3, 0.4) is 0 Å². The first-order valence-corrected chi connectivity index (χ1v) is 6.49. The van der Waals surface area contributed by atoms with E-state index < -0.39 is 0 Å². The molecule has 0 aliphatic carbocycles. The minimum atomic E-state index is 0.379. The number of nitrogens with one attached hydrogen (secondary N) is 1. The van der Waals surface area contributed by atoms with Crippen molar-refractivity contribution in [2.75, 3.05) is 19.7 Å². The van der Waals surface area contributed by atoms with Crippen LogP contribution in [0.2, 0.25) is 0 Å². The van der Waals surface area contributed by atoms with Gasteiger partial charge in [-0.2, -0.15) is 0 Å². The van der Waals surface area contributed by atoms with Crippen molar-refractivity contribution < 1.29 is 4.74 Å². The molecule has 0 saturated carbocycles. The molecule has 0 amide bonds. The van der Waals surface area contributed by atoms with Crippen LogP contribution in [0.25, 0.3) is 0 Å². The van der Waals surface area contributed by atoms with Crippen molar-refractivity contribution in [2.24, 2.45) is 11.3 Å². The van der Waals surface area contributed by atoms with E-state index in [9.17, 15) is 0 Å². The minimum absolute atomic E-state index is 0.379. The van der Waals surface area contributed by atoms with E-state index in [1.54, 1.807) is 0 Å². The fourth-order valence-corrected chi connectivity index (χ4v) is 2.75. The topological polar surface area (TPSA) is 21.3 Å². The van der Waals surface area contributed by atoms with Crippen LogP contribution in [0.4, 0.5) is 0 Å². The molecular formula is C13H27NO. The zero-order valence-corrected chi connectivity index (χ0v) is 10.8. The molecule has 0 aromatic carbocycles. The van der Waals surface area contributed by atoms with Gasteiger partial charge in [-0.05, 0) is 32.2 Å². The maximum Gasteiger partial charge on any atom is 0.0618 e. The lowest BCUT2D eigenvalue weighted by molar-refractivity contribution is 0.0315. The summed E-state index contributed by atoms with van der Waals surface area (Å²) in [7, 11) is 0. The number of ether oxygens (including phenoxy) is 1. The van der Waals surface area contributed by atoms with Crippen LogP contribution in [0, 0.1) is 11.3 Å². The molecule has 0 aromatic rings. The molecule has 0 bridgehead atoms. The molecule has 0 spiro atoms. The lowest BCUT2D eigenvalue weighted by atomic mass is 9.70. The third kappa shape index (κ3) is 2.73. The average Bonchev–Trinajstić information content (AvgIpc) is 2.61. The number of hydrogen-bond donors (Lipinski definition) is 1. The second-order valence-electron chi connectivity index (χ2n) is 4.98. The Morgan fingerprint density at radius 3 is 2.67 bits per heavy atom. The van der Waals surface area contributed by atoms with Crippen LogP contribution in [-0.2, 0) is 4.74 Å². The standard InChI is InChI=1S/C13H27NO/c1-5-8-14-10-13(11(3)6-2)7-9-15-12(13)4/h11-12,14H,5-10H2,1-4H3. The summed E-state index contributed by atoms with van der Waals surface area (Å²) in [5.74, 6) is 0.749. The Kier molecular flexibility index (Phi) is 5.07. The molecule has 1 rings (SSSR count). The average molecular weight is 213 g/mol. The van der Waals surface area contributed by atoms with Crippen molar-refractivity contribution in [3.8, 4) is 0 Å².